The lowest BCUT2D eigenvalue weighted by atomic mass is 9.84. The standard InChI is InChI=1S/C17H31IO3Si/c1-12(2)16(20)14(4)17(21-15(19)8-10-18)13(3)9-11-22(5,6)7/h8-14,16-17,20H,1-7H3/b10-8+,11-9+/t13?,14-,16-,17-/m0/s1. The molecule has 1 N–H and O–H groups in total. The van der Waals surface area contributed by atoms with E-state index in [2.05, 4.69) is 31.4 Å². The fourth-order valence-electron chi connectivity index (χ4n) is 2.27. The molecule has 0 aromatic rings. The summed E-state index contributed by atoms with van der Waals surface area (Å²) in [6, 6.07) is 0. The van der Waals surface area contributed by atoms with Crippen LogP contribution in [-0.4, -0.2) is 31.4 Å². The molecule has 128 valence electrons. The molecule has 0 bridgehead atoms. The molecule has 0 radical (unpaired) electrons. The maximum Gasteiger partial charge on any atom is 0.331 e. The number of esters is 1. The second kappa shape index (κ2) is 9.88. The van der Waals surface area contributed by atoms with Gasteiger partial charge in [-0.05, 0) is 10.0 Å². The highest BCUT2D eigenvalue weighted by molar-refractivity contribution is 14.1. The van der Waals surface area contributed by atoms with Crippen LogP contribution in [0.3, 0.4) is 0 Å². The van der Waals surface area contributed by atoms with Crippen molar-refractivity contribution in [3.05, 3.63) is 21.9 Å². The van der Waals surface area contributed by atoms with E-state index >= 15 is 0 Å². The Bertz CT molecular complexity index is 399. The van der Waals surface area contributed by atoms with Crippen molar-refractivity contribution in [2.45, 2.75) is 59.5 Å². The lowest BCUT2D eigenvalue weighted by Gasteiger charge is -2.32. The molecule has 0 aromatic carbocycles. The van der Waals surface area contributed by atoms with Crippen LogP contribution in [0.2, 0.25) is 19.6 Å². The minimum absolute atomic E-state index is 0.0710. The molecule has 0 aromatic heterocycles. The largest absolute Gasteiger partial charge is 0.458 e. The first-order valence-electron chi connectivity index (χ1n) is 7.84. The Morgan fingerprint density at radius 1 is 1.18 bits per heavy atom. The quantitative estimate of drug-likeness (QED) is 0.261. The summed E-state index contributed by atoms with van der Waals surface area (Å²) < 4.78 is 7.27. The van der Waals surface area contributed by atoms with E-state index in [1.54, 1.807) is 4.08 Å². The van der Waals surface area contributed by atoms with Crippen molar-refractivity contribution in [2.75, 3.05) is 0 Å². The van der Waals surface area contributed by atoms with Crippen molar-refractivity contribution in [3.63, 3.8) is 0 Å². The highest BCUT2D eigenvalue weighted by atomic mass is 127. The number of halogens is 1. The predicted octanol–water partition coefficient (Wildman–Crippen LogP) is 4.57. The molecular formula is C17H31IO3Si. The smallest absolute Gasteiger partial charge is 0.331 e. The summed E-state index contributed by atoms with van der Waals surface area (Å²) in [5.41, 5.74) is 2.27. The summed E-state index contributed by atoms with van der Waals surface area (Å²) in [6.45, 7) is 14.8. The number of aliphatic hydroxyl groups excluding tert-OH is 1. The van der Waals surface area contributed by atoms with E-state index in [-0.39, 0.29) is 29.8 Å². The van der Waals surface area contributed by atoms with E-state index in [1.807, 2.05) is 50.3 Å². The van der Waals surface area contributed by atoms with E-state index in [1.165, 1.54) is 6.08 Å². The van der Waals surface area contributed by atoms with Crippen LogP contribution in [0.25, 0.3) is 0 Å². The Balaban J connectivity index is 5.23. The van der Waals surface area contributed by atoms with Crippen molar-refractivity contribution in [1.82, 2.24) is 0 Å². The van der Waals surface area contributed by atoms with Crippen LogP contribution in [0.15, 0.2) is 21.9 Å². The third kappa shape index (κ3) is 8.48. The normalized spacial score (nSPS) is 18.6. The molecule has 0 spiro atoms. The van der Waals surface area contributed by atoms with Crippen molar-refractivity contribution < 1.29 is 14.6 Å². The molecule has 0 aliphatic heterocycles. The number of hydrogen-bond acceptors (Lipinski definition) is 3. The molecule has 0 aliphatic carbocycles. The number of hydrogen-bond donors (Lipinski definition) is 1. The monoisotopic (exact) mass is 438 g/mol. The van der Waals surface area contributed by atoms with Crippen molar-refractivity contribution in [2.24, 2.45) is 17.8 Å². The van der Waals surface area contributed by atoms with Crippen LogP contribution in [0.5, 0.6) is 0 Å². The molecule has 4 atom stereocenters. The maximum atomic E-state index is 11.8. The second-order valence-electron chi connectivity index (χ2n) is 7.37. The fourth-order valence-corrected chi connectivity index (χ4v) is 3.44. The molecule has 0 heterocycles. The van der Waals surface area contributed by atoms with Crippen LogP contribution >= 0.6 is 22.6 Å². The lowest BCUT2D eigenvalue weighted by Crippen LogP contribution is -2.39. The summed E-state index contributed by atoms with van der Waals surface area (Å²) in [6.07, 6.45) is 2.73. The van der Waals surface area contributed by atoms with E-state index in [9.17, 15) is 9.90 Å². The van der Waals surface area contributed by atoms with Crippen molar-refractivity contribution in [1.29, 1.82) is 0 Å². The van der Waals surface area contributed by atoms with Gasteiger partial charge in [0.15, 0.2) is 0 Å². The van der Waals surface area contributed by atoms with Crippen LogP contribution in [0, 0.1) is 17.8 Å². The van der Waals surface area contributed by atoms with Crippen molar-refractivity contribution in [3.8, 4) is 0 Å². The highest BCUT2D eigenvalue weighted by Gasteiger charge is 2.32. The molecule has 0 aliphatic rings. The van der Waals surface area contributed by atoms with Gasteiger partial charge < -0.3 is 9.84 Å². The second-order valence-corrected chi connectivity index (χ2v) is 13.2. The highest BCUT2D eigenvalue weighted by Crippen LogP contribution is 2.25. The van der Waals surface area contributed by atoms with Gasteiger partial charge in [0, 0.05) is 17.9 Å². The molecule has 0 saturated heterocycles. The minimum Gasteiger partial charge on any atom is -0.458 e. The van der Waals surface area contributed by atoms with Crippen LogP contribution < -0.4 is 0 Å². The Morgan fingerprint density at radius 3 is 2.14 bits per heavy atom. The summed E-state index contributed by atoms with van der Waals surface area (Å²) >= 11 is 2.00. The fraction of sp³-hybridized carbons (Fsp3) is 0.706. The van der Waals surface area contributed by atoms with Crippen LogP contribution in [0.4, 0.5) is 0 Å². The summed E-state index contributed by atoms with van der Waals surface area (Å²) in [4.78, 5) is 11.8. The molecule has 1 unspecified atom stereocenters. The molecule has 0 saturated carbocycles. The van der Waals surface area contributed by atoms with E-state index < -0.39 is 14.2 Å². The van der Waals surface area contributed by atoms with E-state index in [0.29, 0.717) is 0 Å². The number of carbonyl (C=O) groups is 1. The molecule has 0 rings (SSSR count). The van der Waals surface area contributed by atoms with Gasteiger partial charge >= 0.3 is 5.97 Å². The van der Waals surface area contributed by atoms with Gasteiger partial charge in [0.05, 0.1) is 14.2 Å². The SMILES string of the molecule is CC(C)[C@H](O)[C@H](C)[C@@H](OC(=O)/C=C/I)C(C)/C=C/[Si](C)(C)C. The average molecular weight is 438 g/mol. The molecule has 3 nitrogen and oxygen atoms in total. The zero-order chi connectivity index (χ0) is 17.5. The zero-order valence-electron chi connectivity index (χ0n) is 14.8. The Morgan fingerprint density at radius 2 is 1.73 bits per heavy atom. The average Bonchev–Trinajstić information content (AvgIpc) is 2.40. The zero-order valence-corrected chi connectivity index (χ0v) is 18.0. The van der Waals surface area contributed by atoms with Crippen molar-refractivity contribution >= 4 is 36.6 Å². The maximum absolute atomic E-state index is 11.8. The van der Waals surface area contributed by atoms with E-state index in [0.717, 1.165) is 0 Å². The third-order valence-corrected chi connectivity index (χ3v) is 5.16. The van der Waals surface area contributed by atoms with Gasteiger partial charge in [-0.25, -0.2) is 4.79 Å². The Kier molecular flexibility index (Phi) is 9.81. The summed E-state index contributed by atoms with van der Waals surface area (Å²) in [5.74, 6) is -0.269. The first-order valence-corrected chi connectivity index (χ1v) is 12.7. The third-order valence-electron chi connectivity index (χ3n) is 3.61. The first-order chi connectivity index (χ1) is 9.99. The van der Waals surface area contributed by atoms with Gasteiger partial charge in [-0.1, -0.05) is 81.7 Å². The summed E-state index contributed by atoms with van der Waals surface area (Å²) in [5, 5.41) is 10.4. The minimum atomic E-state index is -1.30. The number of aliphatic hydroxyl groups is 1. The Labute approximate surface area is 150 Å². The molecular weight excluding hydrogens is 407 g/mol. The number of ether oxygens (including phenoxy) is 1. The molecule has 22 heavy (non-hydrogen) atoms. The van der Waals surface area contributed by atoms with E-state index in [4.69, 9.17) is 4.74 Å². The van der Waals surface area contributed by atoms with Gasteiger partial charge in [-0.15, -0.1) is 0 Å². The van der Waals surface area contributed by atoms with Crippen LogP contribution in [0.1, 0.15) is 27.7 Å². The molecule has 0 amide bonds. The van der Waals surface area contributed by atoms with Gasteiger partial charge in [0.2, 0.25) is 0 Å². The number of carbonyl (C=O) groups excluding carboxylic acids is 1. The van der Waals surface area contributed by atoms with Gasteiger partial charge in [0.25, 0.3) is 0 Å². The molecule has 0 fully saturated rings. The van der Waals surface area contributed by atoms with Gasteiger partial charge in [-0.3, -0.25) is 0 Å². The molecule has 5 heteroatoms. The number of rotatable bonds is 8. The first kappa shape index (κ1) is 21.9. The van der Waals surface area contributed by atoms with Gasteiger partial charge in [-0.2, -0.15) is 0 Å². The lowest BCUT2D eigenvalue weighted by molar-refractivity contribution is -0.151. The van der Waals surface area contributed by atoms with Crippen LogP contribution in [-0.2, 0) is 9.53 Å². The van der Waals surface area contributed by atoms with Gasteiger partial charge in [0.1, 0.15) is 6.10 Å². The topological polar surface area (TPSA) is 46.5 Å². The Hall–Kier alpha value is -0.143. The predicted molar refractivity (Wildman–Crippen MR) is 105 cm³/mol. The summed E-state index contributed by atoms with van der Waals surface area (Å²) in [7, 11) is -1.30.